The number of rotatable bonds is 2. The van der Waals surface area contributed by atoms with Crippen LogP contribution in [0, 0.1) is 5.82 Å². The van der Waals surface area contributed by atoms with E-state index in [2.05, 4.69) is 10.3 Å². The topological polar surface area (TPSA) is 86.5 Å². The molecule has 2 heterocycles. The van der Waals surface area contributed by atoms with Gasteiger partial charge in [0.05, 0.1) is 0 Å². The molecule has 102 valence electrons. The number of nitrogens with one attached hydrogen (secondary N) is 1. The highest BCUT2D eigenvalue weighted by molar-refractivity contribution is 5.94. The Hall–Kier alpha value is -2.83. The van der Waals surface area contributed by atoms with Gasteiger partial charge in [-0.15, -0.1) is 0 Å². The molecule has 0 aliphatic carbocycles. The zero-order valence-corrected chi connectivity index (χ0v) is 10.2. The lowest BCUT2D eigenvalue weighted by Crippen LogP contribution is -2.26. The summed E-state index contributed by atoms with van der Waals surface area (Å²) in [4.78, 5) is 15.2. The number of anilines is 2. The van der Waals surface area contributed by atoms with E-state index >= 15 is 0 Å². The van der Waals surface area contributed by atoms with Crippen molar-refractivity contribution >= 4 is 17.4 Å². The normalized spacial score (nSPS) is 13.2. The summed E-state index contributed by atoms with van der Waals surface area (Å²) >= 11 is 0. The Balaban J connectivity index is 1.95. The molecule has 0 atom stereocenters. The molecule has 20 heavy (non-hydrogen) atoms. The number of nitrogen functional groups attached to an aromatic ring is 1. The van der Waals surface area contributed by atoms with Crippen LogP contribution in [-0.2, 0) is 4.79 Å². The van der Waals surface area contributed by atoms with Gasteiger partial charge in [0.15, 0.2) is 29.7 Å². The van der Waals surface area contributed by atoms with Crippen molar-refractivity contribution in [3.63, 3.8) is 0 Å². The number of hydrogen-bond acceptors (Lipinski definition) is 5. The smallest absolute Gasteiger partial charge is 0.263 e. The van der Waals surface area contributed by atoms with E-state index in [1.54, 1.807) is 0 Å². The summed E-state index contributed by atoms with van der Waals surface area (Å²) in [5, 5.41) is 2.54. The number of fused-ring (bicyclic) bond motifs is 1. The van der Waals surface area contributed by atoms with Gasteiger partial charge in [0.2, 0.25) is 5.75 Å². The maximum absolute atomic E-state index is 13.7. The average Bonchev–Trinajstić information content (AvgIpc) is 2.41. The summed E-state index contributed by atoms with van der Waals surface area (Å²) in [6.07, 6.45) is 1.43. The van der Waals surface area contributed by atoms with Gasteiger partial charge < -0.3 is 20.5 Å². The first-order valence-corrected chi connectivity index (χ1v) is 5.78. The van der Waals surface area contributed by atoms with Gasteiger partial charge in [-0.3, -0.25) is 4.79 Å². The molecule has 2 aromatic rings. The van der Waals surface area contributed by atoms with Gasteiger partial charge in [-0.05, 0) is 12.1 Å². The Morgan fingerprint density at radius 2 is 2.20 bits per heavy atom. The number of nitrogens with two attached hydrogens (primary N) is 1. The maximum atomic E-state index is 13.7. The molecule has 6 nitrogen and oxygen atoms in total. The van der Waals surface area contributed by atoms with Gasteiger partial charge >= 0.3 is 0 Å². The molecule has 1 aromatic heterocycles. The van der Waals surface area contributed by atoms with Crippen molar-refractivity contribution in [3.05, 3.63) is 36.3 Å². The van der Waals surface area contributed by atoms with Crippen LogP contribution in [0.25, 0.3) is 0 Å². The number of amides is 1. The average molecular weight is 275 g/mol. The fourth-order valence-electron chi connectivity index (χ4n) is 1.76. The molecule has 3 N–H and O–H groups in total. The van der Waals surface area contributed by atoms with Crippen molar-refractivity contribution in [1.29, 1.82) is 0 Å². The quantitative estimate of drug-likeness (QED) is 0.818. The number of carbonyl (C=O) groups is 1. The fraction of sp³-hybridized carbons (Fsp3) is 0.0769. The molecule has 0 saturated heterocycles. The number of carbonyl (C=O) groups excluding carboxylic acids is 1. The third-order valence-electron chi connectivity index (χ3n) is 2.65. The second-order valence-electron chi connectivity index (χ2n) is 4.12. The number of aromatic nitrogens is 1. The van der Waals surface area contributed by atoms with Crippen LogP contribution in [0.3, 0.4) is 0 Å². The van der Waals surface area contributed by atoms with E-state index in [4.69, 9.17) is 15.2 Å². The van der Waals surface area contributed by atoms with Gasteiger partial charge in [-0.25, -0.2) is 9.37 Å². The summed E-state index contributed by atoms with van der Waals surface area (Å²) in [6.45, 7) is -0.140. The molecule has 1 aromatic carbocycles. The molecule has 0 bridgehead atoms. The molecule has 0 saturated carbocycles. The standard InChI is InChI=1S/C13H10FN3O3/c14-8-5-7(15)1-2-9(8)20-10-3-4-16-13-12(10)19-6-11(18)17-13/h1-5H,6,15H2,(H,16,17,18). The molecular weight excluding hydrogens is 265 g/mol. The summed E-state index contributed by atoms with van der Waals surface area (Å²) in [6, 6.07) is 5.62. The lowest BCUT2D eigenvalue weighted by Gasteiger charge is -2.19. The van der Waals surface area contributed by atoms with Crippen molar-refractivity contribution < 1.29 is 18.7 Å². The van der Waals surface area contributed by atoms with E-state index in [1.165, 1.54) is 24.4 Å². The van der Waals surface area contributed by atoms with Crippen LogP contribution in [0.2, 0.25) is 0 Å². The third-order valence-corrected chi connectivity index (χ3v) is 2.65. The first-order valence-electron chi connectivity index (χ1n) is 5.78. The van der Waals surface area contributed by atoms with Crippen molar-refractivity contribution in [1.82, 2.24) is 4.98 Å². The Labute approximate surface area is 113 Å². The third kappa shape index (κ3) is 2.20. The number of halogens is 1. The molecule has 7 heteroatoms. The largest absolute Gasteiger partial charge is 0.476 e. The SMILES string of the molecule is Nc1ccc(Oc2ccnc3c2OCC(=O)N3)c(F)c1. The van der Waals surface area contributed by atoms with Gasteiger partial charge in [0, 0.05) is 24.0 Å². The van der Waals surface area contributed by atoms with E-state index in [0.29, 0.717) is 5.69 Å². The number of ether oxygens (including phenoxy) is 2. The van der Waals surface area contributed by atoms with Crippen molar-refractivity contribution in [2.45, 2.75) is 0 Å². The Morgan fingerprint density at radius 1 is 1.35 bits per heavy atom. The fourth-order valence-corrected chi connectivity index (χ4v) is 1.76. The zero-order valence-electron chi connectivity index (χ0n) is 10.2. The number of benzene rings is 1. The number of pyridine rings is 1. The predicted octanol–water partition coefficient (Wildman–Crippen LogP) is 1.93. The Morgan fingerprint density at radius 3 is 3.00 bits per heavy atom. The van der Waals surface area contributed by atoms with Gasteiger partial charge in [-0.2, -0.15) is 0 Å². The summed E-state index contributed by atoms with van der Waals surface area (Å²) < 4.78 is 24.4. The van der Waals surface area contributed by atoms with E-state index in [1.807, 2.05) is 0 Å². The molecular formula is C13H10FN3O3. The molecule has 0 unspecified atom stereocenters. The monoisotopic (exact) mass is 275 g/mol. The van der Waals surface area contributed by atoms with Gasteiger partial charge in [-0.1, -0.05) is 0 Å². The van der Waals surface area contributed by atoms with Crippen molar-refractivity contribution in [2.24, 2.45) is 0 Å². The first-order chi connectivity index (χ1) is 9.63. The molecule has 1 amide bonds. The van der Waals surface area contributed by atoms with Crippen LogP contribution in [-0.4, -0.2) is 17.5 Å². The molecule has 3 rings (SSSR count). The maximum Gasteiger partial charge on any atom is 0.263 e. The molecule has 0 fully saturated rings. The van der Waals surface area contributed by atoms with E-state index < -0.39 is 5.82 Å². The molecule has 0 radical (unpaired) electrons. The van der Waals surface area contributed by atoms with Crippen LogP contribution < -0.4 is 20.5 Å². The van der Waals surface area contributed by atoms with E-state index in [-0.39, 0.29) is 35.6 Å². The summed E-state index contributed by atoms with van der Waals surface area (Å²) in [5.74, 6) is -0.110. The zero-order chi connectivity index (χ0) is 14.1. The first kappa shape index (κ1) is 12.2. The second-order valence-corrected chi connectivity index (χ2v) is 4.12. The van der Waals surface area contributed by atoms with Crippen LogP contribution in [0.5, 0.6) is 17.2 Å². The van der Waals surface area contributed by atoms with Crippen molar-refractivity contribution in [3.8, 4) is 17.2 Å². The summed E-state index contributed by atoms with van der Waals surface area (Å²) in [7, 11) is 0. The van der Waals surface area contributed by atoms with Crippen LogP contribution in [0.4, 0.5) is 15.9 Å². The van der Waals surface area contributed by atoms with E-state index in [9.17, 15) is 9.18 Å². The number of nitrogens with zero attached hydrogens (tertiary/aromatic N) is 1. The molecule has 0 spiro atoms. The molecule has 1 aliphatic rings. The van der Waals surface area contributed by atoms with Crippen molar-refractivity contribution in [2.75, 3.05) is 17.7 Å². The van der Waals surface area contributed by atoms with Crippen LogP contribution in [0.1, 0.15) is 0 Å². The van der Waals surface area contributed by atoms with Crippen LogP contribution >= 0.6 is 0 Å². The van der Waals surface area contributed by atoms with Gasteiger partial charge in [0.1, 0.15) is 0 Å². The highest BCUT2D eigenvalue weighted by Crippen LogP contribution is 2.38. The minimum atomic E-state index is -0.588. The Kier molecular flexibility index (Phi) is 2.86. The number of hydrogen-bond donors (Lipinski definition) is 2. The van der Waals surface area contributed by atoms with Crippen LogP contribution in [0.15, 0.2) is 30.5 Å². The Bertz CT molecular complexity index is 691. The predicted molar refractivity (Wildman–Crippen MR) is 69.2 cm³/mol. The lowest BCUT2D eigenvalue weighted by molar-refractivity contribution is -0.118. The van der Waals surface area contributed by atoms with E-state index in [0.717, 1.165) is 6.07 Å². The molecule has 1 aliphatic heterocycles. The minimum Gasteiger partial charge on any atom is -0.476 e. The van der Waals surface area contributed by atoms with Gasteiger partial charge in [0.25, 0.3) is 5.91 Å². The minimum absolute atomic E-state index is 0.00750. The highest BCUT2D eigenvalue weighted by Gasteiger charge is 2.22. The highest BCUT2D eigenvalue weighted by atomic mass is 19.1. The lowest BCUT2D eigenvalue weighted by atomic mass is 10.3. The summed E-state index contributed by atoms with van der Waals surface area (Å²) in [5.41, 5.74) is 5.77. The second kappa shape index (κ2) is 4.69.